The number of hydrogen-bond acceptors (Lipinski definition) is 7. The summed E-state index contributed by atoms with van der Waals surface area (Å²) in [5.74, 6) is -2.14. The minimum atomic E-state index is -1.05. The number of carbonyl (C=O) groups is 5. The first kappa shape index (κ1) is 35.9. The number of ketones is 1. The summed E-state index contributed by atoms with van der Waals surface area (Å²) in [5.41, 5.74) is 3.36. The highest BCUT2D eigenvalue weighted by atomic mass is 35.5. The Morgan fingerprint density at radius 3 is 2.46 bits per heavy atom. The second-order valence-corrected chi connectivity index (χ2v) is 14.4. The first-order valence-corrected chi connectivity index (χ1v) is 18.2. The quantitative estimate of drug-likeness (QED) is 0.201. The largest absolute Gasteiger partial charge is 0.347 e. The maximum Gasteiger partial charge on any atom is 0.289 e. The zero-order chi connectivity index (χ0) is 34.3. The summed E-state index contributed by atoms with van der Waals surface area (Å²) in [7, 11) is 0. The summed E-state index contributed by atoms with van der Waals surface area (Å²) in [6.07, 6.45) is 12.3. The van der Waals surface area contributed by atoms with Gasteiger partial charge in [0.25, 0.3) is 5.91 Å². The molecule has 11 nitrogen and oxygen atoms in total. The molecule has 2 aliphatic heterocycles. The second kappa shape index (κ2) is 16.3. The monoisotopic (exact) mass is 683 g/mol. The van der Waals surface area contributed by atoms with E-state index in [-0.39, 0.29) is 37.2 Å². The van der Waals surface area contributed by atoms with Crippen LogP contribution in [0.25, 0.3) is 5.70 Å². The van der Waals surface area contributed by atoms with Crippen molar-refractivity contribution in [3.8, 4) is 0 Å². The fourth-order valence-corrected chi connectivity index (χ4v) is 7.25. The molecule has 1 aromatic rings. The van der Waals surface area contributed by atoms with Crippen LogP contribution in [-0.2, 0) is 28.8 Å². The average molecular weight is 684 g/mol. The number of rotatable bonds is 15. The Morgan fingerprint density at radius 1 is 1.00 bits per heavy atom. The van der Waals surface area contributed by atoms with Gasteiger partial charge < -0.3 is 20.9 Å². The highest BCUT2D eigenvalue weighted by molar-refractivity contribution is 6.38. The van der Waals surface area contributed by atoms with Gasteiger partial charge in [0.2, 0.25) is 23.5 Å². The molecule has 3 fully saturated rings. The van der Waals surface area contributed by atoms with Crippen molar-refractivity contribution in [2.45, 2.75) is 134 Å². The number of hydrogen-bond donors (Lipinski definition) is 4. The van der Waals surface area contributed by atoms with Crippen molar-refractivity contribution in [1.82, 2.24) is 26.3 Å². The van der Waals surface area contributed by atoms with Crippen LogP contribution in [0.3, 0.4) is 0 Å². The Kier molecular flexibility index (Phi) is 12.2. The third-order valence-electron chi connectivity index (χ3n) is 9.87. The van der Waals surface area contributed by atoms with Gasteiger partial charge in [-0.05, 0) is 62.7 Å². The van der Waals surface area contributed by atoms with Crippen molar-refractivity contribution in [3.63, 3.8) is 0 Å². The number of nitrogens with one attached hydrogen (secondary N) is 4. The lowest BCUT2D eigenvalue weighted by Gasteiger charge is -2.30. The van der Waals surface area contributed by atoms with E-state index in [9.17, 15) is 24.0 Å². The highest BCUT2D eigenvalue weighted by Gasteiger charge is 2.53. The van der Waals surface area contributed by atoms with Crippen LogP contribution in [0.2, 0.25) is 5.02 Å². The van der Waals surface area contributed by atoms with Gasteiger partial charge in [-0.25, -0.2) is 0 Å². The van der Waals surface area contributed by atoms with Crippen LogP contribution in [0, 0.1) is 5.92 Å². The van der Waals surface area contributed by atoms with E-state index in [1.165, 1.54) is 11.3 Å². The number of halogens is 1. The van der Waals surface area contributed by atoms with Crippen molar-refractivity contribution in [2.24, 2.45) is 5.92 Å². The Balaban J connectivity index is 1.38. The van der Waals surface area contributed by atoms with E-state index < -0.39 is 41.3 Å². The zero-order valence-electron chi connectivity index (χ0n) is 28.2. The smallest absolute Gasteiger partial charge is 0.289 e. The number of Topliss-reactive ketones (excluding diaryl/α,β-unsaturated/α-hetero) is 1. The molecule has 4 atom stereocenters. The van der Waals surface area contributed by atoms with E-state index in [1.54, 1.807) is 12.1 Å². The molecule has 0 aromatic heterocycles. The standard InChI is InChI=1S/C36H50ClN5O6/c1-3-5-15-28(39-31(43)18-23-11-7-6-8-12-23)35(47)42-22-36(20-29(41-48-36)24-13-9-14-25(37)19-24)21-30(42)33(45)40-27(10-4-2)32(44)34(46)38-26-16-17-26/h9,13-14,19-20,23,26-28,30,41H,3-8,10-12,15-18,21-22H2,1-2H3,(H,38,46)(H,39,43)(H,40,45)/t27-,28-,30-,36+/m0/s1. The summed E-state index contributed by atoms with van der Waals surface area (Å²) in [4.78, 5) is 75.1. The molecular weight excluding hydrogens is 634 g/mol. The van der Waals surface area contributed by atoms with Crippen molar-refractivity contribution in [2.75, 3.05) is 6.54 Å². The lowest BCUT2D eigenvalue weighted by Crippen LogP contribution is -2.56. The van der Waals surface area contributed by atoms with Gasteiger partial charge in [-0.15, -0.1) is 0 Å². The highest BCUT2D eigenvalue weighted by Crippen LogP contribution is 2.38. The number of benzene rings is 1. The fourth-order valence-electron chi connectivity index (χ4n) is 7.06. The molecule has 4 N–H and O–H groups in total. The number of hydroxylamine groups is 1. The van der Waals surface area contributed by atoms with Crippen molar-refractivity contribution < 1.29 is 28.8 Å². The Hall–Kier alpha value is -3.44. The van der Waals surface area contributed by atoms with Gasteiger partial charge >= 0.3 is 0 Å². The van der Waals surface area contributed by atoms with E-state index in [1.807, 2.05) is 32.1 Å². The molecule has 12 heteroatoms. The number of nitrogens with zero attached hydrogens (tertiary/aromatic N) is 1. The van der Waals surface area contributed by atoms with Gasteiger partial charge in [-0.2, -0.15) is 0 Å². The second-order valence-electron chi connectivity index (χ2n) is 14.0. The molecule has 1 saturated heterocycles. The number of amides is 4. The molecule has 2 heterocycles. The van der Waals surface area contributed by atoms with Gasteiger partial charge in [-0.3, -0.25) is 34.3 Å². The van der Waals surface area contributed by atoms with Crippen LogP contribution in [0.4, 0.5) is 0 Å². The molecule has 1 aromatic carbocycles. The molecule has 4 amide bonds. The van der Waals surface area contributed by atoms with E-state index in [0.29, 0.717) is 35.9 Å². The topological polar surface area (TPSA) is 146 Å². The van der Waals surface area contributed by atoms with Crippen LogP contribution in [0.15, 0.2) is 30.3 Å². The predicted molar refractivity (Wildman–Crippen MR) is 182 cm³/mol. The maximum atomic E-state index is 14.4. The SMILES string of the molecule is CCCC[C@H](NC(=O)CC1CCCCC1)C(=O)N1C[C@@]2(C=C(c3cccc(Cl)c3)NO2)C[C@H]1C(=O)N[C@@H](CCC)C(=O)C(=O)NC1CC1. The van der Waals surface area contributed by atoms with Crippen LogP contribution in [0.1, 0.15) is 109 Å². The predicted octanol–water partition coefficient (Wildman–Crippen LogP) is 4.33. The molecule has 1 spiro atoms. The van der Waals surface area contributed by atoms with Crippen LogP contribution < -0.4 is 21.4 Å². The number of carbonyl (C=O) groups excluding carboxylic acids is 5. The Morgan fingerprint density at radius 2 is 1.77 bits per heavy atom. The van der Waals surface area contributed by atoms with E-state index in [4.69, 9.17) is 16.4 Å². The number of likely N-dealkylation sites (tertiary alicyclic amines) is 1. The molecule has 5 rings (SSSR count). The summed E-state index contributed by atoms with van der Waals surface area (Å²) >= 11 is 6.24. The van der Waals surface area contributed by atoms with E-state index in [2.05, 4.69) is 21.4 Å². The third-order valence-corrected chi connectivity index (χ3v) is 10.1. The maximum absolute atomic E-state index is 14.4. The molecule has 0 unspecified atom stereocenters. The third kappa shape index (κ3) is 9.16. The van der Waals surface area contributed by atoms with E-state index in [0.717, 1.165) is 56.9 Å². The van der Waals surface area contributed by atoms with Gasteiger partial charge in [0.15, 0.2) is 0 Å². The molecule has 0 bridgehead atoms. The molecule has 2 saturated carbocycles. The van der Waals surface area contributed by atoms with Crippen molar-refractivity contribution in [3.05, 3.63) is 40.9 Å². The molecule has 48 heavy (non-hydrogen) atoms. The van der Waals surface area contributed by atoms with Gasteiger partial charge in [0, 0.05) is 29.5 Å². The van der Waals surface area contributed by atoms with Crippen molar-refractivity contribution in [1.29, 1.82) is 0 Å². The van der Waals surface area contributed by atoms with Gasteiger partial charge in [-0.1, -0.05) is 76.1 Å². The summed E-state index contributed by atoms with van der Waals surface area (Å²) in [6, 6.07) is 4.42. The van der Waals surface area contributed by atoms with Crippen molar-refractivity contribution >= 4 is 46.7 Å². The van der Waals surface area contributed by atoms with Crippen LogP contribution in [-0.4, -0.2) is 70.6 Å². The van der Waals surface area contributed by atoms with E-state index >= 15 is 0 Å². The molecular formula is C36H50ClN5O6. The summed E-state index contributed by atoms with van der Waals surface area (Å²) < 4.78 is 0. The van der Waals surface area contributed by atoms with Gasteiger partial charge in [0.1, 0.15) is 17.7 Å². The number of unbranched alkanes of at least 4 members (excludes halogenated alkanes) is 1. The fraction of sp³-hybridized carbons (Fsp3) is 0.639. The molecule has 2 aliphatic carbocycles. The Bertz CT molecular complexity index is 1390. The first-order valence-electron chi connectivity index (χ1n) is 17.8. The minimum Gasteiger partial charge on any atom is -0.347 e. The zero-order valence-corrected chi connectivity index (χ0v) is 28.9. The van der Waals surface area contributed by atoms with Crippen LogP contribution >= 0.6 is 11.6 Å². The average Bonchev–Trinajstić information content (AvgIpc) is 3.67. The van der Waals surface area contributed by atoms with Gasteiger partial charge in [0.05, 0.1) is 18.3 Å². The Labute approximate surface area is 288 Å². The molecule has 4 aliphatic rings. The molecule has 0 radical (unpaired) electrons. The lowest BCUT2D eigenvalue weighted by molar-refractivity contribution is -0.143. The van der Waals surface area contributed by atoms with Crippen LogP contribution in [0.5, 0.6) is 0 Å². The lowest BCUT2D eigenvalue weighted by atomic mass is 9.87. The summed E-state index contributed by atoms with van der Waals surface area (Å²) in [6.45, 7) is 3.95. The normalized spacial score (nSPS) is 23.6. The summed E-state index contributed by atoms with van der Waals surface area (Å²) in [5, 5.41) is 9.10. The first-order chi connectivity index (χ1) is 23.1. The minimum absolute atomic E-state index is 0.00287. The molecule has 262 valence electrons.